The number of benzene rings is 4. The van der Waals surface area contributed by atoms with Gasteiger partial charge in [-0.15, -0.1) is 0 Å². The molecule has 0 radical (unpaired) electrons. The molecule has 0 atom stereocenters. The van der Waals surface area contributed by atoms with E-state index < -0.39 is 0 Å². The zero-order chi connectivity index (χ0) is 32.2. The minimum absolute atomic E-state index is 0.0859. The topological polar surface area (TPSA) is 122 Å². The van der Waals surface area contributed by atoms with Gasteiger partial charge >= 0.3 is 0 Å². The Labute approximate surface area is 267 Å². The number of likely N-dealkylation sites (N-methyl/N-ethyl adjacent to an activating group) is 2. The molecule has 4 N–H and O–H groups in total. The number of aromatic amines is 2. The Bertz CT molecular complexity index is 1840. The van der Waals surface area contributed by atoms with Gasteiger partial charge in [0.1, 0.15) is 11.6 Å². The Morgan fingerprint density at radius 1 is 0.565 bits per heavy atom. The summed E-state index contributed by atoms with van der Waals surface area (Å²) in [4.78, 5) is 45.5. The molecule has 10 heteroatoms. The van der Waals surface area contributed by atoms with E-state index in [2.05, 4.69) is 44.9 Å². The molecule has 6 rings (SSSR count). The lowest BCUT2D eigenvalue weighted by molar-refractivity contribution is 0.0942. The molecule has 0 spiro atoms. The van der Waals surface area contributed by atoms with Crippen LogP contribution in [-0.4, -0.2) is 95.9 Å². The average Bonchev–Trinajstić information content (AvgIpc) is 3.68. The van der Waals surface area contributed by atoms with Crippen LogP contribution >= 0.6 is 0 Å². The number of carbonyl (C=O) groups is 2. The number of hydrogen-bond donors (Lipinski definition) is 4. The minimum atomic E-state index is -0.0859. The molecule has 46 heavy (non-hydrogen) atoms. The van der Waals surface area contributed by atoms with Gasteiger partial charge in [-0.25, -0.2) is 9.97 Å². The van der Waals surface area contributed by atoms with E-state index in [1.54, 1.807) is 0 Å². The third-order valence-corrected chi connectivity index (χ3v) is 7.83. The summed E-state index contributed by atoms with van der Waals surface area (Å²) < 4.78 is 0. The molecule has 10 nitrogen and oxygen atoms in total. The zero-order valence-corrected chi connectivity index (χ0v) is 26.5. The molecule has 0 bridgehead atoms. The van der Waals surface area contributed by atoms with Gasteiger partial charge in [-0.05, 0) is 87.8 Å². The summed E-state index contributed by atoms with van der Waals surface area (Å²) in [6, 6.07) is 27.3. The van der Waals surface area contributed by atoms with Crippen LogP contribution in [-0.2, 0) is 0 Å². The van der Waals surface area contributed by atoms with Crippen LogP contribution in [0.4, 0.5) is 0 Å². The number of aromatic nitrogens is 4. The highest BCUT2D eigenvalue weighted by Crippen LogP contribution is 2.29. The highest BCUT2D eigenvalue weighted by atomic mass is 16.2. The van der Waals surface area contributed by atoms with Gasteiger partial charge in [0.05, 0.1) is 22.1 Å². The van der Waals surface area contributed by atoms with Gasteiger partial charge < -0.3 is 30.4 Å². The van der Waals surface area contributed by atoms with E-state index in [-0.39, 0.29) is 11.8 Å². The van der Waals surface area contributed by atoms with Crippen molar-refractivity contribution in [2.75, 3.05) is 54.4 Å². The van der Waals surface area contributed by atoms with Crippen molar-refractivity contribution in [3.05, 3.63) is 96.1 Å². The Morgan fingerprint density at radius 3 is 1.30 bits per heavy atom. The molecule has 2 aromatic heterocycles. The maximum absolute atomic E-state index is 12.4. The summed E-state index contributed by atoms with van der Waals surface area (Å²) in [5.74, 6) is 1.32. The predicted molar refractivity (Wildman–Crippen MR) is 184 cm³/mol. The van der Waals surface area contributed by atoms with Gasteiger partial charge in [-0.1, -0.05) is 36.4 Å². The number of imidazole rings is 2. The van der Waals surface area contributed by atoms with E-state index in [9.17, 15) is 9.59 Å². The molecule has 0 aliphatic carbocycles. The van der Waals surface area contributed by atoms with Gasteiger partial charge in [-0.2, -0.15) is 0 Å². The Kier molecular flexibility index (Phi) is 8.91. The highest BCUT2D eigenvalue weighted by Gasteiger charge is 2.12. The molecule has 0 saturated carbocycles. The number of amides is 2. The van der Waals surface area contributed by atoms with E-state index in [0.717, 1.165) is 69.1 Å². The van der Waals surface area contributed by atoms with Crippen molar-refractivity contribution >= 4 is 33.9 Å². The lowest BCUT2D eigenvalue weighted by Gasteiger charge is -2.10. The third-order valence-electron chi connectivity index (χ3n) is 7.83. The van der Waals surface area contributed by atoms with Crippen LogP contribution in [0.1, 0.15) is 20.7 Å². The van der Waals surface area contributed by atoms with Crippen molar-refractivity contribution in [1.82, 2.24) is 40.4 Å². The zero-order valence-electron chi connectivity index (χ0n) is 26.5. The van der Waals surface area contributed by atoms with Gasteiger partial charge in [-0.3, -0.25) is 9.59 Å². The molecule has 0 aliphatic rings. The van der Waals surface area contributed by atoms with Crippen LogP contribution in [0.2, 0.25) is 0 Å². The smallest absolute Gasteiger partial charge is 0.251 e. The van der Waals surface area contributed by atoms with Crippen molar-refractivity contribution in [2.24, 2.45) is 0 Å². The fourth-order valence-corrected chi connectivity index (χ4v) is 5.19. The quantitative estimate of drug-likeness (QED) is 0.163. The predicted octanol–water partition coefficient (Wildman–Crippen LogP) is 5.02. The second kappa shape index (κ2) is 13.4. The summed E-state index contributed by atoms with van der Waals surface area (Å²) in [5.41, 5.74) is 8.69. The van der Waals surface area contributed by atoms with Crippen molar-refractivity contribution in [3.63, 3.8) is 0 Å². The summed E-state index contributed by atoms with van der Waals surface area (Å²) in [6.07, 6.45) is 0. The van der Waals surface area contributed by atoms with Crippen LogP contribution in [0.5, 0.6) is 0 Å². The second-order valence-electron chi connectivity index (χ2n) is 11.9. The molecule has 0 aliphatic heterocycles. The van der Waals surface area contributed by atoms with E-state index in [1.165, 1.54) is 0 Å². The molecule has 6 aromatic rings. The van der Waals surface area contributed by atoms with Crippen molar-refractivity contribution in [1.29, 1.82) is 0 Å². The fourth-order valence-electron chi connectivity index (χ4n) is 5.19. The summed E-state index contributed by atoms with van der Waals surface area (Å²) in [7, 11) is 7.91. The maximum Gasteiger partial charge on any atom is 0.251 e. The molecule has 0 fully saturated rings. The lowest BCUT2D eigenvalue weighted by Crippen LogP contribution is -2.31. The van der Waals surface area contributed by atoms with Gasteiger partial charge in [0.25, 0.3) is 11.8 Å². The van der Waals surface area contributed by atoms with Crippen molar-refractivity contribution in [2.45, 2.75) is 0 Å². The molecule has 0 unspecified atom stereocenters. The van der Waals surface area contributed by atoms with Gasteiger partial charge in [0, 0.05) is 48.4 Å². The number of rotatable bonds is 11. The summed E-state index contributed by atoms with van der Waals surface area (Å²) in [5, 5.41) is 5.88. The first-order valence-corrected chi connectivity index (χ1v) is 15.3. The highest BCUT2D eigenvalue weighted by molar-refractivity contribution is 5.95. The fraction of sp³-hybridized carbons (Fsp3) is 0.222. The standard InChI is InChI=1S/C36H38N8O2/c1-43(2)19-17-37-35(45)25-9-5-23(6-10-25)33-39-29-15-13-27(21-31(29)41-33)28-14-16-30-32(22-28)42-34(40-30)24-7-11-26(12-8-24)36(46)38-18-20-44(3)4/h5-16,21-22H,17-20H2,1-4H3,(H,37,45)(H,38,46)(H,39,41)(H,40,42). The largest absolute Gasteiger partial charge is 0.351 e. The third kappa shape index (κ3) is 6.98. The normalized spacial score (nSPS) is 11.5. The van der Waals surface area contributed by atoms with Crippen LogP contribution in [0.25, 0.3) is 56.0 Å². The summed E-state index contributed by atoms with van der Waals surface area (Å²) >= 11 is 0. The second-order valence-corrected chi connectivity index (χ2v) is 11.9. The molecular weight excluding hydrogens is 576 g/mol. The molecule has 0 saturated heterocycles. The first-order valence-electron chi connectivity index (χ1n) is 15.3. The van der Waals surface area contributed by atoms with Crippen molar-refractivity contribution < 1.29 is 9.59 Å². The minimum Gasteiger partial charge on any atom is -0.351 e. The maximum atomic E-state index is 12.4. The van der Waals surface area contributed by atoms with Crippen LogP contribution < -0.4 is 10.6 Å². The molecule has 234 valence electrons. The van der Waals surface area contributed by atoms with E-state index >= 15 is 0 Å². The molecule has 2 heterocycles. The number of carbonyl (C=O) groups excluding carboxylic acids is 2. The van der Waals surface area contributed by atoms with Crippen molar-refractivity contribution in [3.8, 4) is 33.9 Å². The average molecular weight is 615 g/mol. The Hall–Kier alpha value is -5.32. The van der Waals surface area contributed by atoms with Crippen LogP contribution in [0.3, 0.4) is 0 Å². The Morgan fingerprint density at radius 2 is 0.935 bits per heavy atom. The van der Waals surface area contributed by atoms with E-state index in [1.807, 2.05) is 98.7 Å². The number of fused-ring (bicyclic) bond motifs is 2. The van der Waals surface area contributed by atoms with Crippen LogP contribution in [0.15, 0.2) is 84.9 Å². The number of hydrogen-bond acceptors (Lipinski definition) is 6. The SMILES string of the molecule is CN(C)CCNC(=O)c1ccc(-c2nc3cc(-c4ccc5[nH]c(-c6ccc(C(=O)NCCN(C)C)cc6)nc5c4)ccc3[nH]2)cc1. The lowest BCUT2D eigenvalue weighted by atomic mass is 10.0. The number of nitrogens with zero attached hydrogens (tertiary/aromatic N) is 4. The van der Waals surface area contributed by atoms with Gasteiger partial charge in [0.15, 0.2) is 0 Å². The number of nitrogens with one attached hydrogen (secondary N) is 4. The summed E-state index contributed by atoms with van der Waals surface area (Å²) in [6.45, 7) is 2.77. The van der Waals surface area contributed by atoms with Gasteiger partial charge in [0.2, 0.25) is 0 Å². The van der Waals surface area contributed by atoms with E-state index in [4.69, 9.17) is 9.97 Å². The Balaban J connectivity index is 1.16. The molecule has 4 aromatic carbocycles. The monoisotopic (exact) mass is 614 g/mol. The molecular formula is C36H38N8O2. The van der Waals surface area contributed by atoms with Crippen LogP contribution in [0, 0.1) is 0 Å². The number of H-pyrrole nitrogens is 2. The molecule has 2 amide bonds. The van der Waals surface area contributed by atoms with E-state index in [0.29, 0.717) is 24.2 Å². The first kappa shape index (κ1) is 30.7. The first-order chi connectivity index (χ1) is 22.2.